The van der Waals surface area contributed by atoms with E-state index in [1.54, 1.807) is 44.6 Å². The Morgan fingerprint density at radius 2 is 1.77 bits per heavy atom. The molecule has 3 saturated heterocycles. The van der Waals surface area contributed by atoms with E-state index in [0.717, 1.165) is 22.3 Å². The highest BCUT2D eigenvalue weighted by molar-refractivity contribution is 7.90. The fraction of sp³-hybridized carbons (Fsp3) is 0.381. The molecule has 3 fully saturated rings. The third kappa shape index (κ3) is 10.1. The number of nitrogens with zero attached hydrogens (tertiary/aromatic N) is 9. The van der Waals surface area contributed by atoms with Crippen LogP contribution in [0.1, 0.15) is 48.2 Å². The number of ketones is 1. The molecule has 64 heavy (non-hydrogen) atoms. The standard InChI is InChI=1S/C42H48F2N12O7S/c1-5-52(4)64(61,62)51-32-8-7-31(43)37(38(32)44)39(59)30-24-48-40-29(30)20-27(22-47-40)26(2)21-49-42(45-3)56-18-16-55(17-19-56)36(58)25-53-12-14-54(15-13-53)34-10-6-28(23-46-34)63-33-9-11-35(57)50-41(33)60/h6-8,10,20-24,33,51H,3,5,9,11-19,25H2,1-2,4H3,(H,47,48)(H,50,57,60)/b26-21+,49-42+. The summed E-state index contributed by atoms with van der Waals surface area (Å²) in [6.07, 6.45) is 5.79. The van der Waals surface area contributed by atoms with Crippen molar-refractivity contribution in [2.75, 3.05) is 82.1 Å². The van der Waals surface area contributed by atoms with Gasteiger partial charge < -0.3 is 24.4 Å². The van der Waals surface area contributed by atoms with E-state index in [2.05, 4.69) is 51.5 Å². The Hall–Kier alpha value is -6.65. The number of carbonyl (C=O) groups excluding carboxylic acids is 4. The van der Waals surface area contributed by atoms with E-state index in [4.69, 9.17) is 4.74 Å². The van der Waals surface area contributed by atoms with E-state index in [-0.39, 0.29) is 47.9 Å². The number of amides is 3. The number of guanidine groups is 1. The first-order chi connectivity index (χ1) is 30.6. The first kappa shape index (κ1) is 45.4. The van der Waals surface area contributed by atoms with Gasteiger partial charge in [-0.3, -0.25) is 34.1 Å². The molecule has 0 bridgehead atoms. The number of imide groups is 1. The molecule has 3 aliphatic rings. The van der Waals surface area contributed by atoms with Crippen LogP contribution in [0.5, 0.6) is 5.75 Å². The Bertz CT molecular complexity index is 2620. The summed E-state index contributed by atoms with van der Waals surface area (Å²) in [5.74, 6) is -2.71. The summed E-state index contributed by atoms with van der Waals surface area (Å²) >= 11 is 0. The minimum atomic E-state index is -4.16. The van der Waals surface area contributed by atoms with Crippen LogP contribution in [-0.2, 0) is 24.6 Å². The Morgan fingerprint density at radius 1 is 1.03 bits per heavy atom. The molecule has 1 aromatic carbocycles. The van der Waals surface area contributed by atoms with Gasteiger partial charge in [0.1, 0.15) is 23.0 Å². The fourth-order valence-corrected chi connectivity index (χ4v) is 8.31. The highest BCUT2D eigenvalue weighted by Gasteiger charge is 2.30. The van der Waals surface area contributed by atoms with Crippen LogP contribution in [0, 0.1) is 11.6 Å². The number of aromatic nitrogens is 3. The SMILES string of the molecule is C=N/C(=N\C=C(/C)c1cnc2[nH]cc(C(=O)c3c(F)ccc(NS(=O)(=O)N(C)CC)c3F)c2c1)N1CCN(C(=O)CN2CCN(c3ccc(OC4CCC(=O)NC4=O)cn3)CC2)CC1. The average molecular weight is 903 g/mol. The van der Waals surface area contributed by atoms with Gasteiger partial charge in [0.15, 0.2) is 11.9 Å². The van der Waals surface area contributed by atoms with E-state index in [0.29, 0.717) is 81.6 Å². The predicted molar refractivity (Wildman–Crippen MR) is 235 cm³/mol. The summed E-state index contributed by atoms with van der Waals surface area (Å²) in [5, 5.41) is 2.56. The third-order valence-electron chi connectivity index (χ3n) is 11.3. The van der Waals surface area contributed by atoms with Crippen LogP contribution < -0.4 is 19.7 Å². The molecule has 3 aliphatic heterocycles. The van der Waals surface area contributed by atoms with Crippen LogP contribution in [0.3, 0.4) is 0 Å². The number of anilines is 2. The molecule has 19 nitrogen and oxygen atoms in total. The van der Waals surface area contributed by atoms with E-state index < -0.39 is 50.9 Å². The van der Waals surface area contributed by atoms with E-state index in [9.17, 15) is 27.6 Å². The van der Waals surface area contributed by atoms with Gasteiger partial charge in [-0.25, -0.2) is 28.7 Å². The van der Waals surface area contributed by atoms with Crippen LogP contribution in [0.2, 0.25) is 0 Å². The molecule has 0 spiro atoms. The highest BCUT2D eigenvalue weighted by atomic mass is 32.2. The molecule has 7 rings (SSSR count). The maximum absolute atomic E-state index is 15.6. The second-order valence-electron chi connectivity index (χ2n) is 15.4. The zero-order valence-electron chi connectivity index (χ0n) is 35.5. The minimum absolute atomic E-state index is 0.0232. The number of hydrogen-bond acceptors (Lipinski definition) is 12. The number of aliphatic imine (C=N–C) groups is 2. The molecule has 6 heterocycles. The number of fused-ring (bicyclic) bond motifs is 1. The van der Waals surface area contributed by atoms with Crippen LogP contribution in [0.4, 0.5) is 20.3 Å². The quantitative estimate of drug-likeness (QED) is 0.0764. The maximum Gasteiger partial charge on any atom is 0.301 e. The molecule has 3 aromatic heterocycles. The van der Waals surface area contributed by atoms with Gasteiger partial charge in [0.25, 0.3) is 5.91 Å². The van der Waals surface area contributed by atoms with Crippen LogP contribution >= 0.6 is 0 Å². The van der Waals surface area contributed by atoms with Crippen LogP contribution in [-0.4, -0.2) is 157 Å². The maximum atomic E-state index is 15.6. The summed E-state index contributed by atoms with van der Waals surface area (Å²) in [6.45, 7) is 12.0. The topological polar surface area (TPSA) is 218 Å². The lowest BCUT2D eigenvalue weighted by molar-refractivity contribution is -0.139. The Balaban J connectivity index is 0.920. The Morgan fingerprint density at radius 3 is 2.44 bits per heavy atom. The van der Waals surface area contributed by atoms with Crippen molar-refractivity contribution in [1.29, 1.82) is 0 Å². The van der Waals surface area contributed by atoms with Crippen molar-refractivity contribution in [3.8, 4) is 5.75 Å². The first-order valence-electron chi connectivity index (χ1n) is 20.6. The number of halogens is 2. The molecule has 3 amide bonds. The second kappa shape index (κ2) is 19.4. The highest BCUT2D eigenvalue weighted by Crippen LogP contribution is 2.29. The number of ether oxygens (including phenoxy) is 1. The Labute approximate surface area is 368 Å². The Kier molecular flexibility index (Phi) is 13.7. The van der Waals surface area contributed by atoms with Crippen molar-refractivity contribution < 1.29 is 41.1 Å². The number of H-pyrrole nitrogens is 1. The average Bonchev–Trinajstić information content (AvgIpc) is 3.72. The number of piperazine rings is 2. The zero-order valence-corrected chi connectivity index (χ0v) is 36.3. The monoisotopic (exact) mass is 902 g/mol. The number of allylic oxidation sites excluding steroid dienone is 1. The number of aromatic amines is 1. The number of rotatable bonds is 13. The number of hydrogen-bond donors (Lipinski definition) is 3. The normalized spacial score (nSPS) is 18.1. The molecular formula is C42H48F2N12O7S. The van der Waals surface area contributed by atoms with Crippen molar-refractivity contribution in [3.05, 3.63) is 83.4 Å². The lowest BCUT2D eigenvalue weighted by Crippen LogP contribution is -2.54. The van der Waals surface area contributed by atoms with Gasteiger partial charge in [0.05, 0.1) is 24.0 Å². The van der Waals surface area contributed by atoms with Gasteiger partial charge in [-0.05, 0) is 55.1 Å². The van der Waals surface area contributed by atoms with Crippen molar-refractivity contribution in [1.82, 2.24) is 39.3 Å². The third-order valence-corrected chi connectivity index (χ3v) is 12.9. The molecule has 4 aromatic rings. The van der Waals surface area contributed by atoms with Gasteiger partial charge in [-0.15, -0.1) is 0 Å². The molecule has 0 saturated carbocycles. The molecule has 22 heteroatoms. The molecule has 3 N–H and O–H groups in total. The smallest absolute Gasteiger partial charge is 0.301 e. The molecule has 0 aliphatic carbocycles. The number of pyridine rings is 2. The van der Waals surface area contributed by atoms with Crippen LogP contribution in [0.25, 0.3) is 16.6 Å². The molecule has 0 radical (unpaired) electrons. The first-order valence-corrected chi connectivity index (χ1v) is 22.0. The number of carbonyl (C=O) groups is 4. The van der Waals surface area contributed by atoms with Gasteiger partial charge in [0.2, 0.25) is 23.6 Å². The van der Waals surface area contributed by atoms with Gasteiger partial charge in [-0.1, -0.05) is 6.92 Å². The summed E-state index contributed by atoms with van der Waals surface area (Å²) < 4.78 is 64.5. The molecule has 1 unspecified atom stereocenters. The fourth-order valence-electron chi connectivity index (χ4n) is 7.38. The summed E-state index contributed by atoms with van der Waals surface area (Å²) in [6, 6.07) is 6.95. The predicted octanol–water partition coefficient (Wildman–Crippen LogP) is 2.64. The van der Waals surface area contributed by atoms with E-state index in [1.807, 2.05) is 15.9 Å². The van der Waals surface area contributed by atoms with Crippen molar-refractivity contribution in [3.63, 3.8) is 0 Å². The van der Waals surface area contributed by atoms with Crippen LogP contribution in [0.15, 0.2) is 65.1 Å². The van der Waals surface area contributed by atoms with Crippen molar-refractivity contribution in [2.45, 2.75) is 32.8 Å². The largest absolute Gasteiger partial charge is 0.479 e. The van der Waals surface area contributed by atoms with Crippen molar-refractivity contribution in [2.24, 2.45) is 9.98 Å². The second-order valence-corrected chi connectivity index (χ2v) is 17.2. The molecule has 1 atom stereocenters. The minimum Gasteiger partial charge on any atom is -0.479 e. The zero-order chi connectivity index (χ0) is 45.7. The summed E-state index contributed by atoms with van der Waals surface area (Å²) in [5.41, 5.74) is -0.108. The van der Waals surface area contributed by atoms with Gasteiger partial charge in [-0.2, -0.15) is 12.7 Å². The lowest BCUT2D eigenvalue weighted by atomic mass is 10.00. The van der Waals surface area contributed by atoms with E-state index in [1.165, 1.54) is 13.2 Å². The number of nitrogens with one attached hydrogen (secondary N) is 3. The van der Waals surface area contributed by atoms with Gasteiger partial charge >= 0.3 is 10.2 Å². The van der Waals surface area contributed by atoms with E-state index >= 15 is 8.78 Å². The van der Waals surface area contributed by atoms with Crippen molar-refractivity contribution >= 4 is 74.5 Å². The van der Waals surface area contributed by atoms with Gasteiger partial charge in [0, 0.05) is 108 Å². The molecule has 338 valence electrons. The summed E-state index contributed by atoms with van der Waals surface area (Å²) in [4.78, 5) is 78.8. The molecular weight excluding hydrogens is 855 g/mol. The lowest BCUT2D eigenvalue weighted by Gasteiger charge is -2.38. The number of piperidine rings is 1. The summed E-state index contributed by atoms with van der Waals surface area (Å²) in [7, 11) is -2.87. The number of benzene rings is 1.